The van der Waals surface area contributed by atoms with E-state index in [2.05, 4.69) is 0 Å². The summed E-state index contributed by atoms with van der Waals surface area (Å²) in [6.45, 7) is 0.226. The second-order valence-corrected chi connectivity index (χ2v) is 6.28. The van der Waals surface area contributed by atoms with Crippen LogP contribution in [0.2, 0.25) is 0 Å². The van der Waals surface area contributed by atoms with Crippen molar-refractivity contribution in [1.29, 1.82) is 0 Å². The number of hydrogen-bond acceptors (Lipinski definition) is 4. The van der Waals surface area contributed by atoms with E-state index in [1.807, 2.05) is 0 Å². The van der Waals surface area contributed by atoms with Gasteiger partial charge in [-0.1, -0.05) is 0 Å². The van der Waals surface area contributed by atoms with E-state index in [9.17, 15) is 13.5 Å². The van der Waals surface area contributed by atoms with Gasteiger partial charge in [0, 0.05) is 12.8 Å². The molecule has 0 unspecified atom stereocenters. The molecule has 5 heteroatoms. The summed E-state index contributed by atoms with van der Waals surface area (Å²) < 4.78 is 22.3. The Hall–Kier alpha value is -0.130. The van der Waals surface area contributed by atoms with Gasteiger partial charge in [-0.3, -0.25) is 0 Å². The van der Waals surface area contributed by atoms with Gasteiger partial charge in [0.25, 0.3) is 0 Å². The van der Waals surface area contributed by atoms with E-state index in [4.69, 9.17) is 5.73 Å². The third kappa shape index (κ3) is 2.65. The summed E-state index contributed by atoms with van der Waals surface area (Å²) in [5, 5.41) is 9.47. The minimum atomic E-state index is -2.94. The molecule has 1 rings (SSSR count). The predicted molar refractivity (Wildman–Crippen MR) is 51.1 cm³/mol. The maximum absolute atomic E-state index is 11.2. The molecule has 0 spiro atoms. The molecule has 13 heavy (non-hydrogen) atoms. The van der Waals surface area contributed by atoms with Gasteiger partial charge in [-0.25, -0.2) is 8.42 Å². The zero-order valence-electron chi connectivity index (χ0n) is 7.86. The average molecular weight is 207 g/mol. The summed E-state index contributed by atoms with van der Waals surface area (Å²) >= 11 is 0. The Morgan fingerprint density at radius 1 is 1.46 bits per heavy atom. The Balaban J connectivity index is 2.58. The third-order valence-electron chi connectivity index (χ3n) is 2.85. The van der Waals surface area contributed by atoms with Gasteiger partial charge in [-0.05, 0) is 25.7 Å². The van der Waals surface area contributed by atoms with Crippen molar-refractivity contribution in [1.82, 2.24) is 0 Å². The van der Waals surface area contributed by atoms with E-state index in [-0.39, 0.29) is 11.8 Å². The maximum Gasteiger partial charge on any atom is 0.150 e. The van der Waals surface area contributed by atoms with Crippen molar-refractivity contribution in [3.63, 3.8) is 0 Å². The summed E-state index contributed by atoms with van der Waals surface area (Å²) in [6, 6.07) is 0. The van der Waals surface area contributed by atoms with E-state index in [1.54, 1.807) is 0 Å². The number of aliphatic hydroxyl groups is 1. The quantitative estimate of drug-likeness (QED) is 0.649. The highest BCUT2D eigenvalue weighted by Crippen LogP contribution is 2.30. The van der Waals surface area contributed by atoms with E-state index in [0.717, 1.165) is 0 Å². The van der Waals surface area contributed by atoms with E-state index < -0.39 is 15.4 Å². The number of hydrogen-bond donors (Lipinski definition) is 2. The Bertz CT molecular complexity index is 265. The van der Waals surface area contributed by atoms with Crippen LogP contribution in [-0.2, 0) is 9.84 Å². The second-order valence-electron chi connectivity index (χ2n) is 3.96. The molecular weight excluding hydrogens is 190 g/mol. The molecule has 1 aliphatic carbocycles. The number of rotatable bonds is 2. The SMILES string of the molecule is CS(=O)(=O)C1CCC(O)(CN)CC1. The summed E-state index contributed by atoms with van der Waals surface area (Å²) in [6.07, 6.45) is 3.33. The van der Waals surface area contributed by atoms with Crippen molar-refractivity contribution >= 4 is 9.84 Å². The molecule has 0 aromatic rings. The first kappa shape index (κ1) is 10.9. The molecule has 0 radical (unpaired) electrons. The minimum Gasteiger partial charge on any atom is -0.389 e. The van der Waals surface area contributed by atoms with Gasteiger partial charge in [-0.2, -0.15) is 0 Å². The highest BCUT2D eigenvalue weighted by molar-refractivity contribution is 7.91. The number of nitrogens with two attached hydrogens (primary N) is 1. The smallest absolute Gasteiger partial charge is 0.150 e. The van der Waals surface area contributed by atoms with Crippen molar-refractivity contribution in [2.45, 2.75) is 36.5 Å². The van der Waals surface area contributed by atoms with Crippen LogP contribution in [-0.4, -0.2) is 37.2 Å². The first-order chi connectivity index (χ1) is 5.87. The lowest BCUT2D eigenvalue weighted by Crippen LogP contribution is -2.43. The van der Waals surface area contributed by atoms with Crippen LogP contribution < -0.4 is 5.73 Å². The fourth-order valence-corrected chi connectivity index (χ4v) is 2.85. The zero-order valence-corrected chi connectivity index (χ0v) is 8.68. The van der Waals surface area contributed by atoms with Crippen LogP contribution in [0, 0.1) is 0 Å². The van der Waals surface area contributed by atoms with Crippen molar-refractivity contribution in [3.05, 3.63) is 0 Å². The molecule has 3 N–H and O–H groups in total. The molecule has 78 valence electrons. The maximum atomic E-state index is 11.2. The van der Waals surface area contributed by atoms with Crippen LogP contribution in [0.25, 0.3) is 0 Å². The van der Waals surface area contributed by atoms with Crippen molar-refractivity contribution in [2.24, 2.45) is 5.73 Å². The van der Waals surface area contributed by atoms with Crippen LogP contribution in [0.1, 0.15) is 25.7 Å². The fourth-order valence-electron chi connectivity index (χ4n) is 1.76. The first-order valence-electron chi connectivity index (χ1n) is 4.49. The molecule has 0 aliphatic heterocycles. The summed E-state index contributed by atoms with van der Waals surface area (Å²) in [4.78, 5) is 0. The van der Waals surface area contributed by atoms with Gasteiger partial charge < -0.3 is 10.8 Å². The Kier molecular flexibility index (Phi) is 2.99. The van der Waals surface area contributed by atoms with E-state index >= 15 is 0 Å². The molecule has 0 saturated heterocycles. The van der Waals surface area contributed by atoms with Crippen LogP contribution in [0.4, 0.5) is 0 Å². The van der Waals surface area contributed by atoms with E-state index in [0.29, 0.717) is 25.7 Å². The lowest BCUT2D eigenvalue weighted by atomic mass is 9.85. The molecule has 0 aromatic carbocycles. The topological polar surface area (TPSA) is 80.4 Å². The van der Waals surface area contributed by atoms with Crippen molar-refractivity contribution in [2.75, 3.05) is 12.8 Å². The molecule has 1 fully saturated rings. The van der Waals surface area contributed by atoms with Crippen LogP contribution in [0.5, 0.6) is 0 Å². The summed E-state index contributed by atoms with van der Waals surface area (Å²) in [7, 11) is -2.94. The average Bonchev–Trinajstić information content (AvgIpc) is 2.04. The van der Waals surface area contributed by atoms with Crippen molar-refractivity contribution in [3.8, 4) is 0 Å². The second kappa shape index (κ2) is 3.55. The highest BCUT2D eigenvalue weighted by Gasteiger charge is 2.35. The number of sulfone groups is 1. The largest absolute Gasteiger partial charge is 0.389 e. The Morgan fingerprint density at radius 3 is 2.23 bits per heavy atom. The van der Waals surface area contributed by atoms with Crippen LogP contribution in [0.15, 0.2) is 0 Å². The van der Waals surface area contributed by atoms with Crippen LogP contribution >= 0.6 is 0 Å². The molecular formula is C8H17NO3S. The lowest BCUT2D eigenvalue weighted by molar-refractivity contribution is 0.0137. The standard InChI is InChI=1S/C8H17NO3S/c1-13(11,12)7-2-4-8(10,6-9)5-3-7/h7,10H,2-6,9H2,1H3. The Labute approximate surface area is 79.0 Å². The molecule has 0 aromatic heterocycles. The molecule has 0 bridgehead atoms. The van der Waals surface area contributed by atoms with Gasteiger partial charge in [0.1, 0.15) is 9.84 Å². The monoisotopic (exact) mass is 207 g/mol. The minimum absolute atomic E-state index is 0.226. The zero-order chi connectivity index (χ0) is 10.1. The molecule has 0 amide bonds. The third-order valence-corrected chi connectivity index (χ3v) is 4.53. The van der Waals surface area contributed by atoms with Gasteiger partial charge in [0.2, 0.25) is 0 Å². The summed E-state index contributed by atoms with van der Waals surface area (Å²) in [5.41, 5.74) is 4.57. The van der Waals surface area contributed by atoms with Gasteiger partial charge in [0.05, 0.1) is 10.9 Å². The molecule has 1 aliphatic rings. The molecule has 0 heterocycles. The van der Waals surface area contributed by atoms with Gasteiger partial charge >= 0.3 is 0 Å². The van der Waals surface area contributed by atoms with Crippen molar-refractivity contribution < 1.29 is 13.5 Å². The van der Waals surface area contributed by atoms with Crippen LogP contribution in [0.3, 0.4) is 0 Å². The molecule has 1 saturated carbocycles. The molecule has 4 nitrogen and oxygen atoms in total. The summed E-state index contributed by atoms with van der Waals surface area (Å²) in [5.74, 6) is 0. The lowest BCUT2D eigenvalue weighted by Gasteiger charge is -2.34. The normalized spacial score (nSPS) is 36.1. The van der Waals surface area contributed by atoms with Gasteiger partial charge in [-0.15, -0.1) is 0 Å². The fraction of sp³-hybridized carbons (Fsp3) is 1.00. The van der Waals surface area contributed by atoms with Gasteiger partial charge in [0.15, 0.2) is 0 Å². The Morgan fingerprint density at radius 2 is 1.92 bits per heavy atom. The van der Waals surface area contributed by atoms with E-state index in [1.165, 1.54) is 6.26 Å². The molecule has 0 atom stereocenters. The predicted octanol–water partition coefficient (Wildman–Crippen LogP) is -0.337. The highest BCUT2D eigenvalue weighted by atomic mass is 32.2. The first-order valence-corrected chi connectivity index (χ1v) is 6.44.